The molecule has 0 saturated carbocycles. The molecule has 0 aliphatic heterocycles. The number of benzene rings is 1. The van der Waals surface area contributed by atoms with Crippen LogP contribution in [0.2, 0.25) is 0 Å². The second kappa shape index (κ2) is 7.04. The lowest BCUT2D eigenvalue weighted by Crippen LogP contribution is -1.95. The second-order valence-corrected chi connectivity index (χ2v) is 4.94. The average molecular weight is 274 g/mol. The molecule has 0 amide bonds. The summed E-state index contributed by atoms with van der Waals surface area (Å²) in [5.74, 6) is 2.80. The number of phenolic OH excluding ortho intramolecular Hbond substituents is 1. The first kappa shape index (κ1) is 14.5. The summed E-state index contributed by atoms with van der Waals surface area (Å²) in [6.45, 7) is 2.18. The van der Waals surface area contributed by atoms with Crippen LogP contribution in [0.15, 0.2) is 34.7 Å². The minimum atomic E-state index is 0.188. The molecule has 1 aromatic heterocycles. The van der Waals surface area contributed by atoms with Crippen LogP contribution in [0, 0.1) is 0 Å². The Kier molecular flexibility index (Phi) is 5.10. The molecule has 0 atom stereocenters. The van der Waals surface area contributed by atoms with Crippen molar-refractivity contribution < 1.29 is 14.3 Å². The molecule has 1 N–H and O–H groups in total. The monoisotopic (exact) mass is 274 g/mol. The van der Waals surface area contributed by atoms with Crippen molar-refractivity contribution in [1.29, 1.82) is 0 Å². The van der Waals surface area contributed by atoms with E-state index in [2.05, 4.69) is 13.0 Å². The van der Waals surface area contributed by atoms with Gasteiger partial charge in [-0.15, -0.1) is 0 Å². The van der Waals surface area contributed by atoms with Gasteiger partial charge in [0.15, 0.2) is 11.5 Å². The van der Waals surface area contributed by atoms with Crippen LogP contribution < -0.4 is 4.74 Å². The zero-order valence-electron chi connectivity index (χ0n) is 12.2. The fourth-order valence-corrected chi connectivity index (χ4v) is 2.30. The maximum Gasteiger partial charge on any atom is 0.163 e. The molecule has 2 rings (SSSR count). The van der Waals surface area contributed by atoms with Gasteiger partial charge in [-0.25, -0.2) is 0 Å². The summed E-state index contributed by atoms with van der Waals surface area (Å²) in [6.07, 6.45) is 4.94. The van der Waals surface area contributed by atoms with Gasteiger partial charge in [-0.3, -0.25) is 0 Å². The number of para-hydroxylation sites is 1. The fourth-order valence-electron chi connectivity index (χ4n) is 2.30. The standard InChI is InChI=1S/C17H22O3/c1-3-4-7-14-11-12-15(20-14)10-9-13-6-5-8-16(18)17(13)19-2/h5-6,8,11-12,18H,3-4,7,9-10H2,1-2H3. The molecule has 0 saturated heterocycles. The zero-order valence-corrected chi connectivity index (χ0v) is 12.2. The molecular formula is C17H22O3. The predicted molar refractivity (Wildman–Crippen MR) is 79.4 cm³/mol. The molecule has 1 heterocycles. The normalized spacial score (nSPS) is 10.7. The van der Waals surface area contributed by atoms with Crippen LogP contribution in [0.5, 0.6) is 11.5 Å². The Morgan fingerprint density at radius 1 is 1.05 bits per heavy atom. The van der Waals surface area contributed by atoms with E-state index in [1.54, 1.807) is 13.2 Å². The van der Waals surface area contributed by atoms with Crippen LogP contribution in [0.25, 0.3) is 0 Å². The Hall–Kier alpha value is -1.90. The first-order chi connectivity index (χ1) is 9.74. The highest BCUT2D eigenvalue weighted by Crippen LogP contribution is 2.30. The van der Waals surface area contributed by atoms with Crippen molar-refractivity contribution in [3.8, 4) is 11.5 Å². The molecule has 0 aliphatic carbocycles. The highest BCUT2D eigenvalue weighted by molar-refractivity contribution is 5.45. The third-order valence-corrected chi connectivity index (χ3v) is 3.41. The Bertz CT molecular complexity index is 543. The summed E-state index contributed by atoms with van der Waals surface area (Å²) in [7, 11) is 1.58. The number of hydrogen-bond acceptors (Lipinski definition) is 3. The van der Waals surface area contributed by atoms with Gasteiger partial charge in [0, 0.05) is 12.8 Å². The lowest BCUT2D eigenvalue weighted by Gasteiger charge is -2.09. The van der Waals surface area contributed by atoms with Crippen molar-refractivity contribution in [2.24, 2.45) is 0 Å². The minimum Gasteiger partial charge on any atom is -0.504 e. The van der Waals surface area contributed by atoms with Crippen molar-refractivity contribution in [3.63, 3.8) is 0 Å². The van der Waals surface area contributed by atoms with E-state index < -0.39 is 0 Å². The molecule has 0 fully saturated rings. The van der Waals surface area contributed by atoms with Crippen LogP contribution >= 0.6 is 0 Å². The van der Waals surface area contributed by atoms with E-state index in [-0.39, 0.29) is 5.75 Å². The van der Waals surface area contributed by atoms with Crippen LogP contribution in [0.3, 0.4) is 0 Å². The zero-order chi connectivity index (χ0) is 14.4. The summed E-state index contributed by atoms with van der Waals surface area (Å²) in [4.78, 5) is 0. The van der Waals surface area contributed by atoms with Crippen molar-refractivity contribution >= 4 is 0 Å². The molecule has 0 unspecified atom stereocenters. The third kappa shape index (κ3) is 3.56. The number of ether oxygens (including phenoxy) is 1. The van der Waals surface area contributed by atoms with Gasteiger partial charge in [0.05, 0.1) is 7.11 Å². The van der Waals surface area contributed by atoms with Crippen LogP contribution in [0.4, 0.5) is 0 Å². The van der Waals surface area contributed by atoms with Gasteiger partial charge in [-0.1, -0.05) is 25.5 Å². The number of unbranched alkanes of at least 4 members (excludes halogenated alkanes) is 1. The number of hydrogen-bond donors (Lipinski definition) is 1. The molecule has 0 radical (unpaired) electrons. The van der Waals surface area contributed by atoms with Crippen molar-refractivity contribution in [2.75, 3.05) is 7.11 Å². The Labute approximate surface area is 120 Å². The molecule has 0 bridgehead atoms. The molecule has 2 aromatic rings. The van der Waals surface area contributed by atoms with Gasteiger partial charge in [-0.05, 0) is 36.6 Å². The van der Waals surface area contributed by atoms with Crippen LogP contribution in [-0.2, 0) is 19.3 Å². The van der Waals surface area contributed by atoms with E-state index in [1.807, 2.05) is 18.2 Å². The predicted octanol–water partition coefficient (Wildman–Crippen LogP) is 4.12. The lowest BCUT2D eigenvalue weighted by molar-refractivity contribution is 0.368. The molecule has 3 nitrogen and oxygen atoms in total. The van der Waals surface area contributed by atoms with Crippen molar-refractivity contribution in [3.05, 3.63) is 47.4 Å². The molecule has 108 valence electrons. The molecule has 1 aromatic carbocycles. The molecular weight excluding hydrogens is 252 g/mol. The maximum absolute atomic E-state index is 9.74. The Morgan fingerprint density at radius 3 is 2.50 bits per heavy atom. The highest BCUT2D eigenvalue weighted by atomic mass is 16.5. The topological polar surface area (TPSA) is 42.6 Å². The summed E-state index contributed by atoms with van der Waals surface area (Å²) in [5.41, 5.74) is 0.999. The fraction of sp³-hybridized carbons (Fsp3) is 0.412. The maximum atomic E-state index is 9.74. The number of rotatable bonds is 7. The molecule has 0 aliphatic rings. The number of methoxy groups -OCH3 is 1. The van der Waals surface area contributed by atoms with Crippen molar-refractivity contribution in [1.82, 2.24) is 0 Å². The smallest absolute Gasteiger partial charge is 0.163 e. The highest BCUT2D eigenvalue weighted by Gasteiger charge is 2.09. The van der Waals surface area contributed by atoms with Crippen LogP contribution in [0.1, 0.15) is 36.8 Å². The lowest BCUT2D eigenvalue weighted by atomic mass is 10.1. The largest absolute Gasteiger partial charge is 0.504 e. The summed E-state index contributed by atoms with van der Waals surface area (Å²) in [5, 5.41) is 9.74. The molecule has 3 heteroatoms. The van der Waals surface area contributed by atoms with Gasteiger partial charge in [0.25, 0.3) is 0 Å². The second-order valence-electron chi connectivity index (χ2n) is 4.94. The van der Waals surface area contributed by atoms with E-state index in [9.17, 15) is 5.11 Å². The van der Waals surface area contributed by atoms with Gasteiger partial charge in [0.1, 0.15) is 11.5 Å². The Morgan fingerprint density at radius 2 is 1.80 bits per heavy atom. The average Bonchev–Trinajstić information content (AvgIpc) is 2.91. The summed E-state index contributed by atoms with van der Waals surface area (Å²) < 4.78 is 11.1. The van der Waals surface area contributed by atoms with E-state index >= 15 is 0 Å². The first-order valence-electron chi connectivity index (χ1n) is 7.17. The number of phenols is 1. The SMILES string of the molecule is CCCCc1ccc(CCc2cccc(O)c2OC)o1. The van der Waals surface area contributed by atoms with Gasteiger partial charge >= 0.3 is 0 Å². The van der Waals surface area contributed by atoms with Gasteiger partial charge in [0.2, 0.25) is 0 Å². The summed E-state index contributed by atoms with van der Waals surface area (Å²) in [6, 6.07) is 9.55. The van der Waals surface area contributed by atoms with E-state index in [4.69, 9.17) is 9.15 Å². The molecule has 20 heavy (non-hydrogen) atoms. The summed E-state index contributed by atoms with van der Waals surface area (Å²) >= 11 is 0. The van der Waals surface area contributed by atoms with Gasteiger partial charge in [-0.2, -0.15) is 0 Å². The van der Waals surface area contributed by atoms with E-state index in [0.29, 0.717) is 5.75 Å². The van der Waals surface area contributed by atoms with E-state index in [1.165, 1.54) is 6.42 Å². The quantitative estimate of drug-likeness (QED) is 0.825. The molecule has 0 spiro atoms. The van der Waals surface area contributed by atoms with Gasteiger partial charge < -0.3 is 14.3 Å². The minimum absolute atomic E-state index is 0.188. The number of aromatic hydroxyl groups is 1. The Balaban J connectivity index is 1.98. The number of aryl methyl sites for hydroxylation is 3. The van der Waals surface area contributed by atoms with E-state index in [0.717, 1.165) is 42.8 Å². The van der Waals surface area contributed by atoms with Crippen molar-refractivity contribution in [2.45, 2.75) is 39.0 Å². The van der Waals surface area contributed by atoms with Crippen LogP contribution in [-0.4, -0.2) is 12.2 Å². The first-order valence-corrected chi connectivity index (χ1v) is 7.17. The third-order valence-electron chi connectivity index (χ3n) is 3.41. The number of furan rings is 1.